The lowest BCUT2D eigenvalue weighted by molar-refractivity contribution is 0.431. The molecule has 11 heavy (non-hydrogen) atoms. The van der Waals surface area contributed by atoms with E-state index >= 15 is 0 Å². The molecular formula is C9H11NO. The summed E-state index contributed by atoms with van der Waals surface area (Å²) in [5.41, 5.74) is 0.540. The molecule has 0 amide bonds. The molecule has 2 heteroatoms. The van der Waals surface area contributed by atoms with Gasteiger partial charge in [0.2, 0.25) is 0 Å². The van der Waals surface area contributed by atoms with Crippen molar-refractivity contribution in [2.45, 2.75) is 13.8 Å². The van der Waals surface area contributed by atoms with E-state index in [0.29, 0.717) is 5.57 Å². The predicted octanol–water partition coefficient (Wildman–Crippen LogP) is 2.47. The van der Waals surface area contributed by atoms with E-state index < -0.39 is 0 Å². The molecule has 0 saturated carbocycles. The lowest BCUT2D eigenvalue weighted by Crippen LogP contribution is -1.73. The average Bonchev–Trinajstić information content (AvgIpc) is 2.06. The van der Waals surface area contributed by atoms with Gasteiger partial charge in [-0.2, -0.15) is 5.26 Å². The van der Waals surface area contributed by atoms with Gasteiger partial charge in [0.15, 0.2) is 0 Å². The SMILES string of the molecule is C\C=C(O)/C=C\C(C#N)=C/C. The molecule has 0 bridgehead atoms. The molecule has 0 rings (SSSR count). The van der Waals surface area contributed by atoms with Crippen LogP contribution in [0.1, 0.15) is 13.8 Å². The molecule has 2 nitrogen and oxygen atoms in total. The molecular weight excluding hydrogens is 138 g/mol. The zero-order valence-corrected chi connectivity index (χ0v) is 6.70. The van der Waals surface area contributed by atoms with Crippen molar-refractivity contribution in [3.8, 4) is 6.07 Å². The van der Waals surface area contributed by atoms with Gasteiger partial charge in [-0.25, -0.2) is 0 Å². The summed E-state index contributed by atoms with van der Waals surface area (Å²) in [5.74, 6) is 0.166. The first kappa shape index (κ1) is 9.51. The van der Waals surface area contributed by atoms with Gasteiger partial charge in [0.05, 0.1) is 6.07 Å². The number of hydrogen-bond donors (Lipinski definition) is 1. The number of hydrogen-bond acceptors (Lipinski definition) is 2. The first-order chi connectivity index (χ1) is 5.24. The Bertz CT molecular complexity index is 241. The molecule has 0 aromatic rings. The third-order valence-corrected chi connectivity index (χ3v) is 1.17. The van der Waals surface area contributed by atoms with Crippen LogP contribution >= 0.6 is 0 Å². The Morgan fingerprint density at radius 2 is 1.91 bits per heavy atom. The Morgan fingerprint density at radius 3 is 2.27 bits per heavy atom. The summed E-state index contributed by atoms with van der Waals surface area (Å²) in [4.78, 5) is 0. The largest absolute Gasteiger partial charge is 0.508 e. The van der Waals surface area contributed by atoms with Crippen molar-refractivity contribution in [2.75, 3.05) is 0 Å². The van der Waals surface area contributed by atoms with Gasteiger partial charge in [-0.15, -0.1) is 0 Å². The lowest BCUT2D eigenvalue weighted by atomic mass is 10.2. The fourth-order valence-electron chi connectivity index (χ4n) is 0.469. The first-order valence-corrected chi connectivity index (χ1v) is 3.34. The fourth-order valence-corrected chi connectivity index (χ4v) is 0.469. The number of aliphatic hydroxyl groups is 1. The van der Waals surface area contributed by atoms with Gasteiger partial charge >= 0.3 is 0 Å². The number of rotatable bonds is 2. The maximum Gasteiger partial charge on any atom is 0.111 e. The second-order valence-corrected chi connectivity index (χ2v) is 1.90. The molecule has 1 N–H and O–H groups in total. The molecule has 0 aromatic carbocycles. The van der Waals surface area contributed by atoms with Crippen LogP contribution in [0.4, 0.5) is 0 Å². The van der Waals surface area contributed by atoms with Gasteiger partial charge in [0.1, 0.15) is 5.76 Å². The fraction of sp³-hybridized carbons (Fsp3) is 0.222. The van der Waals surface area contributed by atoms with Crippen LogP contribution in [0.25, 0.3) is 0 Å². The number of nitriles is 1. The van der Waals surface area contributed by atoms with Crippen molar-refractivity contribution in [2.24, 2.45) is 0 Å². The number of allylic oxidation sites excluding steroid dienone is 5. The minimum Gasteiger partial charge on any atom is -0.508 e. The smallest absolute Gasteiger partial charge is 0.111 e. The van der Waals surface area contributed by atoms with Crippen LogP contribution in [-0.2, 0) is 0 Å². The van der Waals surface area contributed by atoms with E-state index in [1.807, 2.05) is 6.07 Å². The van der Waals surface area contributed by atoms with Crippen LogP contribution in [0.5, 0.6) is 0 Å². The molecule has 0 aliphatic rings. The Balaban J connectivity index is 4.27. The van der Waals surface area contributed by atoms with Crippen LogP contribution in [0.15, 0.2) is 35.6 Å². The van der Waals surface area contributed by atoms with E-state index in [1.54, 1.807) is 32.1 Å². The standard InChI is InChI=1S/C9H11NO/c1-3-8(7-10)5-6-9(11)4-2/h3-6,11H,1-2H3/b6-5-,8-3+,9-4+. The van der Waals surface area contributed by atoms with Gasteiger partial charge in [-0.05, 0) is 32.1 Å². The first-order valence-electron chi connectivity index (χ1n) is 3.34. The normalized spacial score (nSPS) is 13.5. The van der Waals surface area contributed by atoms with E-state index in [4.69, 9.17) is 10.4 Å². The van der Waals surface area contributed by atoms with Crippen LogP contribution in [0.2, 0.25) is 0 Å². The molecule has 0 aliphatic heterocycles. The molecule has 0 saturated heterocycles. The number of nitrogens with zero attached hydrogens (tertiary/aromatic N) is 1. The third kappa shape index (κ3) is 3.99. The Labute approximate surface area is 66.8 Å². The van der Waals surface area contributed by atoms with Gasteiger partial charge in [-0.3, -0.25) is 0 Å². The van der Waals surface area contributed by atoms with Crippen molar-refractivity contribution in [1.82, 2.24) is 0 Å². The molecule has 0 heterocycles. The van der Waals surface area contributed by atoms with Crippen LogP contribution < -0.4 is 0 Å². The van der Waals surface area contributed by atoms with Crippen LogP contribution in [0.3, 0.4) is 0 Å². The highest BCUT2D eigenvalue weighted by Crippen LogP contribution is 1.97. The topological polar surface area (TPSA) is 44.0 Å². The maximum atomic E-state index is 8.94. The average molecular weight is 149 g/mol. The number of aliphatic hydroxyl groups excluding tert-OH is 1. The summed E-state index contributed by atoms with van der Waals surface area (Å²) in [6.45, 7) is 3.50. The highest BCUT2D eigenvalue weighted by atomic mass is 16.3. The minimum absolute atomic E-state index is 0.166. The zero-order chi connectivity index (χ0) is 8.69. The van der Waals surface area contributed by atoms with Crippen molar-refractivity contribution in [3.63, 3.8) is 0 Å². The highest BCUT2D eigenvalue weighted by Gasteiger charge is 1.85. The van der Waals surface area contributed by atoms with Crippen molar-refractivity contribution in [3.05, 3.63) is 35.6 Å². The van der Waals surface area contributed by atoms with Gasteiger partial charge in [0.25, 0.3) is 0 Å². The summed E-state index contributed by atoms with van der Waals surface area (Å²) in [6, 6.07) is 1.97. The van der Waals surface area contributed by atoms with Gasteiger partial charge in [0, 0.05) is 5.57 Å². The van der Waals surface area contributed by atoms with E-state index in [9.17, 15) is 0 Å². The Morgan fingerprint density at radius 1 is 1.27 bits per heavy atom. The molecule has 0 atom stereocenters. The van der Waals surface area contributed by atoms with E-state index in [-0.39, 0.29) is 5.76 Å². The highest BCUT2D eigenvalue weighted by molar-refractivity contribution is 5.34. The van der Waals surface area contributed by atoms with E-state index in [0.717, 1.165) is 0 Å². The van der Waals surface area contributed by atoms with Crippen molar-refractivity contribution in [1.29, 1.82) is 5.26 Å². The molecule has 0 aromatic heterocycles. The lowest BCUT2D eigenvalue weighted by Gasteiger charge is -1.86. The zero-order valence-electron chi connectivity index (χ0n) is 6.70. The molecule has 0 aliphatic carbocycles. The summed E-state index contributed by atoms with van der Waals surface area (Å²) >= 11 is 0. The summed E-state index contributed by atoms with van der Waals surface area (Å²) in [5, 5.41) is 17.4. The summed E-state index contributed by atoms with van der Waals surface area (Å²) in [7, 11) is 0. The van der Waals surface area contributed by atoms with E-state index in [2.05, 4.69) is 0 Å². The molecule has 0 radical (unpaired) electrons. The molecule has 58 valence electrons. The van der Waals surface area contributed by atoms with E-state index in [1.165, 1.54) is 6.08 Å². The predicted molar refractivity (Wildman–Crippen MR) is 44.9 cm³/mol. The van der Waals surface area contributed by atoms with Gasteiger partial charge in [-0.1, -0.05) is 6.08 Å². The third-order valence-electron chi connectivity index (χ3n) is 1.17. The quantitative estimate of drug-likeness (QED) is 0.372. The summed E-state index contributed by atoms with van der Waals surface area (Å²) in [6.07, 6.45) is 6.29. The second kappa shape index (κ2) is 5.31. The van der Waals surface area contributed by atoms with Gasteiger partial charge < -0.3 is 5.11 Å². The Hall–Kier alpha value is -1.49. The molecule has 0 spiro atoms. The van der Waals surface area contributed by atoms with Crippen LogP contribution in [0, 0.1) is 11.3 Å². The van der Waals surface area contributed by atoms with Crippen LogP contribution in [-0.4, -0.2) is 5.11 Å². The van der Waals surface area contributed by atoms with Crippen molar-refractivity contribution < 1.29 is 5.11 Å². The molecule has 0 fully saturated rings. The molecule has 0 unspecified atom stereocenters. The summed E-state index contributed by atoms with van der Waals surface area (Å²) < 4.78 is 0. The maximum absolute atomic E-state index is 8.94. The Kier molecular flexibility index (Phi) is 4.59. The van der Waals surface area contributed by atoms with Crippen molar-refractivity contribution >= 4 is 0 Å². The minimum atomic E-state index is 0.166. The second-order valence-electron chi connectivity index (χ2n) is 1.90. The monoisotopic (exact) mass is 149 g/mol.